The fourth-order valence-electron chi connectivity index (χ4n) is 5.90. The van der Waals surface area contributed by atoms with Crippen LogP contribution in [0.2, 0.25) is 5.02 Å². The van der Waals surface area contributed by atoms with E-state index in [2.05, 4.69) is 0 Å². The van der Waals surface area contributed by atoms with E-state index in [4.69, 9.17) is 85.9 Å². The van der Waals surface area contributed by atoms with Crippen molar-refractivity contribution in [2.75, 3.05) is 6.54 Å². The minimum atomic E-state index is -2.19. The summed E-state index contributed by atoms with van der Waals surface area (Å²) in [6.45, 7) is -0.809. The van der Waals surface area contributed by atoms with Gasteiger partial charge >= 0.3 is 5.97 Å². The van der Waals surface area contributed by atoms with Crippen molar-refractivity contribution in [2.45, 2.75) is 14.1 Å². The quantitative estimate of drug-likeness (QED) is 0.0828. The fourth-order valence-corrected chi connectivity index (χ4v) is 9.05. The van der Waals surface area contributed by atoms with Crippen molar-refractivity contribution in [2.24, 2.45) is 11.8 Å². The van der Waals surface area contributed by atoms with Gasteiger partial charge in [0.15, 0.2) is 10.1 Å². The van der Waals surface area contributed by atoms with Crippen molar-refractivity contribution in [3.05, 3.63) is 111 Å². The Bertz CT molecular complexity index is 1820. The molecule has 4 atom stereocenters. The summed E-state index contributed by atoms with van der Waals surface area (Å²) in [6.07, 6.45) is 0. The van der Waals surface area contributed by atoms with E-state index in [0.717, 1.165) is 0 Å². The van der Waals surface area contributed by atoms with Gasteiger partial charge in [0, 0.05) is 5.56 Å². The molecule has 2 aliphatic carbocycles. The van der Waals surface area contributed by atoms with E-state index in [9.17, 15) is 24.0 Å². The van der Waals surface area contributed by atoms with Crippen LogP contribution in [-0.4, -0.2) is 60.1 Å². The second-order valence-electron chi connectivity index (χ2n) is 10.6. The summed E-state index contributed by atoms with van der Waals surface area (Å²) in [5, 5.41) is 0.513. The first kappa shape index (κ1) is 33.1. The van der Waals surface area contributed by atoms with Crippen LogP contribution in [0.15, 0.2) is 88.9 Å². The number of esters is 1. The molecule has 3 aromatic carbocycles. The Balaban J connectivity index is 1.33. The van der Waals surface area contributed by atoms with Crippen molar-refractivity contribution >= 4 is 111 Å². The molecule has 8 nitrogen and oxygen atoms in total. The lowest BCUT2D eigenvalue weighted by molar-refractivity contribution is -0.154. The van der Waals surface area contributed by atoms with Gasteiger partial charge in [-0.15, -0.1) is 23.2 Å². The van der Waals surface area contributed by atoms with E-state index in [0.29, 0.717) is 15.6 Å². The van der Waals surface area contributed by atoms with Crippen molar-refractivity contribution < 1.29 is 28.7 Å². The van der Waals surface area contributed by atoms with E-state index in [1.165, 1.54) is 42.5 Å². The van der Waals surface area contributed by atoms with Gasteiger partial charge in [-0.2, -0.15) is 5.01 Å². The third-order valence-corrected chi connectivity index (χ3v) is 12.7. The standard InChI is InChI=1S/C31H17Cl7N2O6/c32-19-9-5-4-8-18(19)25(42)39(14-20(41)15-10-12-17(13-11-15)46-28(45)16-6-2-1-3-7-16)40-26(43)21-22(27(40)44)30(36)24(34)23(33)29(21,35)31(30,37)38/h1-13,21-22H,14H2/t21-,22+,29-,30-/m1/s1. The van der Waals surface area contributed by atoms with Crippen LogP contribution in [0.25, 0.3) is 0 Å². The van der Waals surface area contributed by atoms with Gasteiger partial charge in [-0.1, -0.05) is 88.3 Å². The molecule has 3 aliphatic rings. The predicted octanol–water partition coefficient (Wildman–Crippen LogP) is 7.25. The normalized spacial score (nSPS) is 25.9. The summed E-state index contributed by atoms with van der Waals surface area (Å²) in [5.41, 5.74) is 0.275. The van der Waals surface area contributed by atoms with Gasteiger partial charge < -0.3 is 4.74 Å². The highest BCUT2D eigenvalue weighted by Crippen LogP contribution is 2.77. The number of amides is 3. The number of ether oxygens (including phenoxy) is 1. The Morgan fingerprint density at radius 2 is 1.24 bits per heavy atom. The fraction of sp³-hybridized carbons (Fsp3) is 0.194. The van der Waals surface area contributed by atoms with Crippen LogP contribution in [0.3, 0.4) is 0 Å². The third kappa shape index (κ3) is 4.60. The molecule has 2 bridgehead atoms. The second kappa shape index (κ2) is 11.7. The summed E-state index contributed by atoms with van der Waals surface area (Å²) >= 11 is 45.9. The maximum Gasteiger partial charge on any atom is 0.343 e. The van der Waals surface area contributed by atoms with E-state index < -0.39 is 61.9 Å². The highest BCUT2D eigenvalue weighted by atomic mass is 35.5. The van der Waals surface area contributed by atoms with Gasteiger partial charge in [0.2, 0.25) is 0 Å². The number of alkyl halides is 4. The number of ketones is 1. The maximum absolute atomic E-state index is 14.1. The minimum absolute atomic E-state index is 0.00944. The van der Waals surface area contributed by atoms with Crippen LogP contribution < -0.4 is 4.74 Å². The number of hydrazine groups is 1. The Hall–Kier alpha value is -2.82. The molecule has 0 N–H and O–H groups in total. The number of imide groups is 1. The van der Waals surface area contributed by atoms with Crippen LogP contribution in [0.1, 0.15) is 31.1 Å². The number of nitrogens with zero attached hydrogens (tertiary/aromatic N) is 2. The predicted molar refractivity (Wildman–Crippen MR) is 174 cm³/mol. The van der Waals surface area contributed by atoms with Gasteiger partial charge in [0.1, 0.15) is 22.0 Å². The summed E-state index contributed by atoms with van der Waals surface area (Å²) in [5.74, 6) is -7.26. The molecular formula is C31H17Cl7N2O6. The minimum Gasteiger partial charge on any atom is -0.423 e. The monoisotopic (exact) mass is 758 g/mol. The lowest BCUT2D eigenvalue weighted by Gasteiger charge is -2.36. The van der Waals surface area contributed by atoms with Crippen LogP contribution >= 0.6 is 81.2 Å². The number of halogens is 7. The average Bonchev–Trinajstić information content (AvgIpc) is 3.43. The number of fused-ring (bicyclic) bond motifs is 5. The Labute approximate surface area is 296 Å². The SMILES string of the molecule is O=C(CN(C(=O)c1ccccc1Cl)N1C(=O)[C@@H]2[C@H](C1=O)[C@@]1(Cl)C(Cl)=C(Cl)[C@@]2(Cl)C1(Cl)Cl)c1ccc(OC(=O)c2ccccc2)cc1. The smallest absolute Gasteiger partial charge is 0.343 e. The van der Waals surface area contributed by atoms with Crippen LogP contribution in [0, 0.1) is 11.8 Å². The van der Waals surface area contributed by atoms with Crippen molar-refractivity contribution in [3.8, 4) is 5.75 Å². The summed E-state index contributed by atoms with van der Waals surface area (Å²) in [6, 6.07) is 19.6. The first-order chi connectivity index (χ1) is 21.7. The van der Waals surface area contributed by atoms with Crippen molar-refractivity contribution in [3.63, 3.8) is 0 Å². The maximum atomic E-state index is 14.1. The Morgan fingerprint density at radius 1 is 0.717 bits per heavy atom. The number of carbonyl (C=O) groups is 5. The molecule has 46 heavy (non-hydrogen) atoms. The number of benzene rings is 3. The zero-order valence-corrected chi connectivity index (χ0v) is 28.1. The first-order valence-corrected chi connectivity index (χ1v) is 16.0. The molecule has 1 aliphatic heterocycles. The van der Waals surface area contributed by atoms with Crippen LogP contribution in [0.4, 0.5) is 0 Å². The molecule has 0 aromatic heterocycles. The van der Waals surface area contributed by atoms with Crippen LogP contribution in [0.5, 0.6) is 5.75 Å². The molecule has 1 heterocycles. The summed E-state index contributed by atoms with van der Waals surface area (Å²) in [4.78, 5) is 63.8. The van der Waals surface area contributed by atoms with Gasteiger partial charge in [0.05, 0.1) is 38.0 Å². The number of Topliss-reactive ketones (excluding diaryl/α,β-unsaturated/α-hetero) is 1. The van der Waals surface area contributed by atoms with E-state index in [1.54, 1.807) is 36.4 Å². The molecule has 15 heteroatoms. The van der Waals surface area contributed by atoms with Gasteiger partial charge in [-0.25, -0.2) is 9.80 Å². The number of carbonyl (C=O) groups excluding carboxylic acids is 5. The Kier molecular flexibility index (Phi) is 8.42. The van der Waals surface area contributed by atoms with Crippen LogP contribution in [-0.2, 0) is 9.59 Å². The number of allylic oxidation sites excluding steroid dienone is 2. The number of hydrogen-bond acceptors (Lipinski definition) is 6. The van der Waals surface area contributed by atoms with E-state index in [1.807, 2.05) is 0 Å². The molecule has 2 fully saturated rings. The number of hydrogen-bond donors (Lipinski definition) is 0. The van der Waals surface area contributed by atoms with Gasteiger partial charge in [-0.3, -0.25) is 19.2 Å². The summed E-state index contributed by atoms with van der Waals surface area (Å²) < 4.78 is 3.17. The highest BCUT2D eigenvalue weighted by Gasteiger charge is 2.88. The molecule has 1 saturated heterocycles. The first-order valence-electron chi connectivity index (χ1n) is 13.3. The molecule has 0 spiro atoms. The zero-order valence-electron chi connectivity index (χ0n) is 22.9. The lowest BCUT2D eigenvalue weighted by atomic mass is 9.84. The molecule has 6 rings (SSSR count). The molecule has 0 radical (unpaired) electrons. The lowest BCUT2D eigenvalue weighted by Crippen LogP contribution is -2.56. The zero-order chi connectivity index (χ0) is 33.3. The second-order valence-corrected chi connectivity index (χ2v) is 14.3. The average molecular weight is 762 g/mol. The third-order valence-electron chi connectivity index (χ3n) is 8.16. The number of rotatable bonds is 7. The Morgan fingerprint density at radius 3 is 1.78 bits per heavy atom. The van der Waals surface area contributed by atoms with Gasteiger partial charge in [0.25, 0.3) is 17.7 Å². The highest BCUT2D eigenvalue weighted by molar-refractivity contribution is 6.66. The molecule has 1 saturated carbocycles. The molecule has 3 amide bonds. The topological polar surface area (TPSA) is 101 Å². The summed E-state index contributed by atoms with van der Waals surface area (Å²) in [7, 11) is 0. The van der Waals surface area contributed by atoms with Crippen molar-refractivity contribution in [1.29, 1.82) is 0 Å². The van der Waals surface area contributed by atoms with E-state index in [-0.39, 0.29) is 32.0 Å². The molecule has 3 aromatic rings. The molecule has 236 valence electrons. The molecule has 0 unspecified atom stereocenters. The van der Waals surface area contributed by atoms with Gasteiger partial charge in [-0.05, 0) is 48.5 Å². The van der Waals surface area contributed by atoms with Crippen molar-refractivity contribution in [1.82, 2.24) is 10.0 Å². The largest absolute Gasteiger partial charge is 0.423 e. The molecular weight excluding hydrogens is 745 g/mol. The van der Waals surface area contributed by atoms with E-state index >= 15 is 0 Å².